The largest absolute Gasteiger partial charge is 0.317 e. The molecule has 10 heteroatoms. The molecule has 0 unspecified atom stereocenters. The van der Waals surface area contributed by atoms with E-state index in [0.717, 1.165) is 10.9 Å². The highest BCUT2D eigenvalue weighted by Crippen LogP contribution is 2.33. The molecular weight excluding hydrogens is 318 g/mol. The molecule has 1 amide bonds. The quantitative estimate of drug-likeness (QED) is 0.450. The summed E-state index contributed by atoms with van der Waals surface area (Å²) in [7, 11) is 0. The van der Waals surface area contributed by atoms with E-state index < -0.39 is 10.8 Å². The molecule has 2 aromatic rings. The van der Waals surface area contributed by atoms with Crippen LogP contribution in [0, 0.1) is 17.0 Å². The molecule has 0 atom stereocenters. The maximum Gasteiger partial charge on any atom is 0.295 e. The Morgan fingerprint density at radius 3 is 2.76 bits per heavy atom. The highest BCUT2D eigenvalue weighted by Gasteiger charge is 2.21. The van der Waals surface area contributed by atoms with Gasteiger partial charge in [0.05, 0.1) is 9.95 Å². The van der Waals surface area contributed by atoms with Crippen molar-refractivity contribution < 1.29 is 9.72 Å². The number of nitro groups is 1. The number of carbonyl (C=O) groups is 1. The fourth-order valence-electron chi connectivity index (χ4n) is 1.59. The molecule has 4 N–H and O–H groups in total. The number of nitro benzene ring substituents is 1. The van der Waals surface area contributed by atoms with E-state index in [9.17, 15) is 14.9 Å². The van der Waals surface area contributed by atoms with Gasteiger partial charge in [-0.2, -0.15) is 0 Å². The number of hydrogen-bond acceptors (Lipinski definition) is 7. The molecule has 0 radical (unpaired) electrons. The van der Waals surface area contributed by atoms with Crippen molar-refractivity contribution in [2.75, 3.05) is 10.7 Å². The van der Waals surface area contributed by atoms with E-state index in [-0.39, 0.29) is 22.0 Å². The first-order valence-electron chi connectivity index (χ1n) is 5.60. The van der Waals surface area contributed by atoms with Crippen LogP contribution in [0.1, 0.15) is 15.2 Å². The number of nitrogens with zero attached hydrogens (tertiary/aromatic N) is 2. The van der Waals surface area contributed by atoms with E-state index in [1.54, 1.807) is 6.20 Å². The minimum Gasteiger partial charge on any atom is -0.317 e. The third-order valence-electron chi connectivity index (χ3n) is 2.51. The van der Waals surface area contributed by atoms with Crippen LogP contribution >= 0.6 is 22.9 Å². The van der Waals surface area contributed by atoms with Gasteiger partial charge in [0, 0.05) is 22.7 Å². The lowest BCUT2D eigenvalue weighted by atomic mass is 10.1. The smallest absolute Gasteiger partial charge is 0.295 e. The number of nitrogens with two attached hydrogens (primary N) is 1. The summed E-state index contributed by atoms with van der Waals surface area (Å²) in [4.78, 5) is 27.3. The minimum absolute atomic E-state index is 0.0211. The van der Waals surface area contributed by atoms with Gasteiger partial charge >= 0.3 is 0 Å². The number of hydrazine groups is 1. The Kier molecular flexibility index (Phi) is 4.36. The number of nitrogen functional groups attached to an aromatic ring is 1. The number of thiazole rings is 1. The molecule has 1 aromatic heterocycles. The molecule has 0 fully saturated rings. The zero-order valence-electron chi connectivity index (χ0n) is 10.7. The van der Waals surface area contributed by atoms with Crippen molar-refractivity contribution in [3.8, 4) is 0 Å². The van der Waals surface area contributed by atoms with Crippen LogP contribution in [0.25, 0.3) is 0 Å². The Morgan fingerprint density at radius 2 is 2.24 bits per heavy atom. The number of carbonyl (C=O) groups excluding carboxylic acids is 1. The average Bonchev–Trinajstić information content (AvgIpc) is 2.82. The molecule has 0 aliphatic rings. The molecule has 8 nitrogen and oxygen atoms in total. The average molecular weight is 328 g/mol. The van der Waals surface area contributed by atoms with Crippen molar-refractivity contribution in [2.45, 2.75) is 6.92 Å². The van der Waals surface area contributed by atoms with Gasteiger partial charge in [0.15, 0.2) is 5.13 Å². The Hall–Kier alpha value is -2.23. The summed E-state index contributed by atoms with van der Waals surface area (Å²) >= 11 is 7.18. The number of aryl methyl sites for hydroxylation is 1. The number of halogens is 1. The van der Waals surface area contributed by atoms with E-state index in [0.29, 0.717) is 5.13 Å². The molecule has 2 rings (SSSR count). The van der Waals surface area contributed by atoms with Gasteiger partial charge in [0.2, 0.25) is 0 Å². The lowest BCUT2D eigenvalue weighted by molar-refractivity contribution is -0.384. The summed E-state index contributed by atoms with van der Waals surface area (Å²) in [6.45, 7) is 1.84. The summed E-state index contributed by atoms with van der Waals surface area (Å²) in [6.07, 6.45) is 1.61. The maximum atomic E-state index is 12.1. The second-order valence-corrected chi connectivity index (χ2v) is 5.63. The molecule has 0 aliphatic carbocycles. The lowest BCUT2D eigenvalue weighted by Gasteiger charge is -2.07. The second-order valence-electron chi connectivity index (χ2n) is 3.98. The summed E-state index contributed by atoms with van der Waals surface area (Å²) in [5.74, 6) is 4.65. The van der Waals surface area contributed by atoms with Crippen LogP contribution in [-0.4, -0.2) is 15.8 Å². The molecule has 110 valence electrons. The summed E-state index contributed by atoms with van der Waals surface area (Å²) in [5.41, 5.74) is 1.75. The number of hydrogen-bond donors (Lipinski definition) is 3. The summed E-state index contributed by atoms with van der Waals surface area (Å²) in [6, 6.07) is 2.39. The van der Waals surface area contributed by atoms with Gasteiger partial charge in [-0.05, 0) is 13.0 Å². The van der Waals surface area contributed by atoms with Gasteiger partial charge in [-0.15, -0.1) is 11.3 Å². The Bertz CT molecular complexity index is 718. The Labute approximate surface area is 128 Å². The molecule has 0 spiro atoms. The topological polar surface area (TPSA) is 123 Å². The molecule has 0 aliphatic heterocycles. The van der Waals surface area contributed by atoms with Crippen molar-refractivity contribution in [1.82, 2.24) is 4.98 Å². The van der Waals surface area contributed by atoms with Crippen molar-refractivity contribution in [1.29, 1.82) is 0 Å². The van der Waals surface area contributed by atoms with Gasteiger partial charge in [-0.3, -0.25) is 26.1 Å². The van der Waals surface area contributed by atoms with E-state index >= 15 is 0 Å². The number of rotatable bonds is 4. The van der Waals surface area contributed by atoms with Crippen LogP contribution in [0.3, 0.4) is 0 Å². The highest BCUT2D eigenvalue weighted by molar-refractivity contribution is 7.15. The van der Waals surface area contributed by atoms with Gasteiger partial charge in [0.1, 0.15) is 5.69 Å². The predicted octanol–water partition coefficient (Wildman–Crippen LogP) is 2.55. The van der Waals surface area contributed by atoms with Crippen molar-refractivity contribution in [3.05, 3.63) is 43.9 Å². The van der Waals surface area contributed by atoms with Gasteiger partial charge in [-0.25, -0.2) is 4.98 Å². The van der Waals surface area contributed by atoms with Crippen LogP contribution in [-0.2, 0) is 0 Å². The first kappa shape index (κ1) is 15.2. The Morgan fingerprint density at radius 1 is 1.52 bits per heavy atom. The molecule has 1 heterocycles. The van der Waals surface area contributed by atoms with E-state index in [4.69, 9.17) is 17.4 Å². The van der Waals surface area contributed by atoms with Gasteiger partial charge in [-0.1, -0.05) is 11.6 Å². The van der Waals surface area contributed by atoms with Crippen LogP contribution in [0.4, 0.5) is 16.5 Å². The van der Waals surface area contributed by atoms with Gasteiger partial charge < -0.3 is 5.43 Å². The number of aromatic nitrogens is 1. The Balaban J connectivity index is 2.35. The number of anilines is 2. The fourth-order valence-corrected chi connectivity index (χ4v) is 2.52. The number of nitrogens with one attached hydrogen (secondary N) is 2. The molecule has 21 heavy (non-hydrogen) atoms. The zero-order chi connectivity index (χ0) is 15.6. The minimum atomic E-state index is -0.675. The van der Waals surface area contributed by atoms with E-state index in [2.05, 4.69) is 15.7 Å². The van der Waals surface area contributed by atoms with Crippen LogP contribution in [0.5, 0.6) is 0 Å². The zero-order valence-corrected chi connectivity index (χ0v) is 12.3. The molecule has 0 bridgehead atoms. The lowest BCUT2D eigenvalue weighted by Crippen LogP contribution is -2.14. The van der Waals surface area contributed by atoms with Crippen molar-refractivity contribution in [3.63, 3.8) is 0 Å². The first-order valence-corrected chi connectivity index (χ1v) is 6.80. The monoisotopic (exact) mass is 327 g/mol. The third-order valence-corrected chi connectivity index (χ3v) is 3.64. The van der Waals surface area contributed by atoms with Gasteiger partial charge in [0.25, 0.3) is 11.6 Å². The van der Waals surface area contributed by atoms with Crippen LogP contribution < -0.4 is 16.6 Å². The van der Waals surface area contributed by atoms with Crippen molar-refractivity contribution in [2.24, 2.45) is 5.84 Å². The van der Waals surface area contributed by atoms with Crippen LogP contribution in [0.2, 0.25) is 5.02 Å². The SMILES string of the molecule is Cc1cnc(NC(=O)c2cc(Cl)c(NN)c([N+](=O)[O-])c2)s1. The van der Waals surface area contributed by atoms with Crippen molar-refractivity contribution >= 4 is 45.4 Å². The summed E-state index contributed by atoms with van der Waals surface area (Å²) in [5, 5.41) is 13.9. The standard InChI is InChI=1S/C11H10ClN5O3S/c1-5-4-14-11(21-5)15-10(18)6-2-7(12)9(16-13)8(3-6)17(19)20/h2-4,16H,13H2,1H3,(H,14,15,18). The fraction of sp³-hybridized carbons (Fsp3) is 0.0909. The van der Waals surface area contributed by atoms with E-state index in [1.165, 1.54) is 17.4 Å². The predicted molar refractivity (Wildman–Crippen MR) is 80.7 cm³/mol. The first-order chi connectivity index (χ1) is 9.92. The van der Waals surface area contributed by atoms with Crippen LogP contribution in [0.15, 0.2) is 18.3 Å². The maximum absolute atomic E-state index is 12.1. The highest BCUT2D eigenvalue weighted by atomic mass is 35.5. The normalized spacial score (nSPS) is 10.2. The molecule has 0 saturated carbocycles. The second kappa shape index (κ2) is 6.04. The summed E-state index contributed by atoms with van der Waals surface area (Å²) < 4.78 is 0. The number of benzene rings is 1. The molecular formula is C11H10ClN5O3S. The number of amides is 1. The third kappa shape index (κ3) is 3.27. The molecule has 1 aromatic carbocycles. The molecule has 0 saturated heterocycles. The van der Waals surface area contributed by atoms with E-state index in [1.807, 2.05) is 6.92 Å².